The lowest BCUT2D eigenvalue weighted by molar-refractivity contribution is -0.274. The van der Waals surface area contributed by atoms with E-state index >= 15 is 0 Å². The van der Waals surface area contributed by atoms with Crippen LogP contribution in [0.25, 0.3) is 9.88 Å². The standard InChI is InChI=1S/C21H22F3N7O3S2/c1-12-25-10-16(35-12)19-28-29-20(36-19)27-18(33)13-3-4-15(34-21(22,23)24)14(9-13)26-17(32)11-31-7-5-30(2)6-8-31/h3-4,9-10H,5-8,11H2,1-2H3,(H,26,32)(H,27,29,33). The van der Waals surface area contributed by atoms with Crippen LogP contribution in [-0.2, 0) is 4.79 Å². The molecule has 1 saturated heterocycles. The highest BCUT2D eigenvalue weighted by atomic mass is 32.1. The Morgan fingerprint density at radius 1 is 1.11 bits per heavy atom. The van der Waals surface area contributed by atoms with Gasteiger partial charge in [0.25, 0.3) is 5.91 Å². The molecule has 2 aromatic heterocycles. The SMILES string of the molecule is Cc1ncc(-c2nnc(NC(=O)c3ccc(OC(F)(F)F)c(NC(=O)CN4CCN(C)CC4)c3)s2)s1. The normalized spacial score (nSPS) is 15.0. The average molecular weight is 542 g/mol. The summed E-state index contributed by atoms with van der Waals surface area (Å²) >= 11 is 2.56. The van der Waals surface area contributed by atoms with Gasteiger partial charge in [0.15, 0.2) is 10.8 Å². The molecule has 0 aliphatic carbocycles. The first-order valence-electron chi connectivity index (χ1n) is 10.7. The number of nitrogens with one attached hydrogen (secondary N) is 2. The second-order valence-corrected chi connectivity index (χ2v) is 10.2. The third kappa shape index (κ3) is 6.96. The van der Waals surface area contributed by atoms with Crippen LogP contribution in [-0.4, -0.2) is 82.9 Å². The van der Waals surface area contributed by atoms with Crippen LogP contribution in [0, 0.1) is 6.92 Å². The number of aromatic nitrogens is 3. The molecule has 1 aromatic carbocycles. The predicted octanol–water partition coefficient (Wildman–Crippen LogP) is 3.31. The van der Waals surface area contributed by atoms with Crippen molar-refractivity contribution in [3.8, 4) is 15.6 Å². The number of rotatable bonds is 7. The highest BCUT2D eigenvalue weighted by Gasteiger charge is 2.33. The maximum atomic E-state index is 12.9. The van der Waals surface area contributed by atoms with E-state index in [0.29, 0.717) is 18.1 Å². The molecule has 2 amide bonds. The summed E-state index contributed by atoms with van der Waals surface area (Å²) in [6.45, 7) is 4.72. The summed E-state index contributed by atoms with van der Waals surface area (Å²) in [5.41, 5.74) is -0.262. The minimum atomic E-state index is -4.97. The minimum Gasteiger partial charge on any atom is -0.404 e. The predicted molar refractivity (Wildman–Crippen MR) is 129 cm³/mol. The molecule has 15 heteroatoms. The van der Waals surface area contributed by atoms with E-state index < -0.39 is 23.9 Å². The molecule has 2 N–H and O–H groups in total. The van der Waals surface area contributed by atoms with Gasteiger partial charge in [0.05, 0.1) is 22.1 Å². The van der Waals surface area contributed by atoms with Gasteiger partial charge in [-0.2, -0.15) is 0 Å². The molecule has 0 bridgehead atoms. The molecule has 1 aliphatic heterocycles. The molecule has 0 radical (unpaired) electrons. The van der Waals surface area contributed by atoms with Crippen molar-refractivity contribution in [2.75, 3.05) is 50.4 Å². The fourth-order valence-electron chi connectivity index (χ4n) is 3.38. The number of benzene rings is 1. The smallest absolute Gasteiger partial charge is 0.404 e. The largest absolute Gasteiger partial charge is 0.573 e. The fourth-order valence-corrected chi connectivity index (χ4v) is 4.93. The van der Waals surface area contributed by atoms with E-state index in [1.165, 1.54) is 17.4 Å². The van der Waals surface area contributed by atoms with Gasteiger partial charge < -0.3 is 15.0 Å². The molecule has 0 saturated carbocycles. The van der Waals surface area contributed by atoms with Crippen molar-refractivity contribution in [2.45, 2.75) is 13.3 Å². The number of nitrogens with zero attached hydrogens (tertiary/aromatic N) is 5. The Bertz CT molecular complexity index is 1240. The molecule has 0 unspecified atom stereocenters. The highest BCUT2D eigenvalue weighted by Crippen LogP contribution is 2.33. The second-order valence-electron chi connectivity index (χ2n) is 8.00. The summed E-state index contributed by atoms with van der Waals surface area (Å²) in [5.74, 6) is -1.77. The van der Waals surface area contributed by atoms with Gasteiger partial charge in [-0.05, 0) is 32.2 Å². The number of carbonyl (C=O) groups is 2. The van der Waals surface area contributed by atoms with Gasteiger partial charge in [0.1, 0.15) is 0 Å². The number of carbonyl (C=O) groups excluding carboxylic acids is 2. The number of piperazine rings is 1. The van der Waals surface area contributed by atoms with Crippen molar-refractivity contribution in [1.29, 1.82) is 0 Å². The van der Waals surface area contributed by atoms with Gasteiger partial charge >= 0.3 is 6.36 Å². The van der Waals surface area contributed by atoms with Crippen molar-refractivity contribution in [1.82, 2.24) is 25.0 Å². The zero-order valence-electron chi connectivity index (χ0n) is 19.3. The molecule has 1 fully saturated rings. The first kappa shape index (κ1) is 25.9. The van der Waals surface area contributed by atoms with Crippen LogP contribution >= 0.6 is 22.7 Å². The number of hydrogen-bond donors (Lipinski definition) is 2. The second kappa shape index (κ2) is 10.9. The van der Waals surface area contributed by atoms with Crippen LogP contribution < -0.4 is 15.4 Å². The summed E-state index contributed by atoms with van der Waals surface area (Å²) in [4.78, 5) is 34.3. The van der Waals surface area contributed by atoms with E-state index in [1.54, 1.807) is 6.20 Å². The monoisotopic (exact) mass is 541 g/mol. The maximum Gasteiger partial charge on any atom is 0.573 e. The Hall–Kier alpha value is -3.14. The first-order valence-corrected chi connectivity index (χ1v) is 12.4. The van der Waals surface area contributed by atoms with Crippen LogP contribution in [0.4, 0.5) is 24.0 Å². The lowest BCUT2D eigenvalue weighted by Crippen LogP contribution is -2.47. The molecule has 3 heterocycles. The van der Waals surface area contributed by atoms with Crippen LogP contribution in [0.15, 0.2) is 24.4 Å². The molecule has 0 atom stereocenters. The Morgan fingerprint density at radius 3 is 2.53 bits per heavy atom. The lowest BCUT2D eigenvalue weighted by Gasteiger charge is -2.31. The van der Waals surface area contributed by atoms with Gasteiger partial charge in [-0.1, -0.05) is 11.3 Å². The molecule has 192 valence electrons. The first-order chi connectivity index (χ1) is 17.1. The third-order valence-electron chi connectivity index (χ3n) is 5.18. The summed E-state index contributed by atoms with van der Waals surface area (Å²) in [7, 11) is 1.97. The van der Waals surface area contributed by atoms with Crippen LogP contribution in [0.5, 0.6) is 5.75 Å². The molecule has 4 rings (SSSR count). The van der Waals surface area contributed by atoms with Crippen LogP contribution in [0.2, 0.25) is 0 Å². The van der Waals surface area contributed by atoms with Crippen molar-refractivity contribution in [3.63, 3.8) is 0 Å². The van der Waals surface area contributed by atoms with Gasteiger partial charge in [0.2, 0.25) is 11.0 Å². The summed E-state index contributed by atoms with van der Waals surface area (Å²) in [6, 6.07) is 3.29. The van der Waals surface area contributed by atoms with Crippen molar-refractivity contribution >= 4 is 45.3 Å². The van der Waals surface area contributed by atoms with Crippen LogP contribution in [0.3, 0.4) is 0 Å². The molecular formula is C21H22F3N7O3S2. The van der Waals surface area contributed by atoms with Crippen molar-refractivity contribution < 1.29 is 27.5 Å². The Morgan fingerprint density at radius 2 is 1.86 bits per heavy atom. The maximum absolute atomic E-state index is 12.9. The number of ether oxygens (including phenoxy) is 1. The van der Waals surface area contributed by atoms with Gasteiger partial charge in [-0.15, -0.1) is 34.7 Å². The Kier molecular flexibility index (Phi) is 7.82. The summed E-state index contributed by atoms with van der Waals surface area (Å²) in [5, 5.41) is 14.6. The van der Waals surface area contributed by atoms with E-state index in [-0.39, 0.29) is 22.9 Å². The quantitative estimate of drug-likeness (QED) is 0.469. The zero-order valence-corrected chi connectivity index (χ0v) is 20.9. The van der Waals surface area contributed by atoms with E-state index in [0.717, 1.165) is 46.4 Å². The number of anilines is 2. The lowest BCUT2D eigenvalue weighted by atomic mass is 10.1. The third-order valence-corrected chi connectivity index (χ3v) is 7.10. The number of alkyl halides is 3. The fraction of sp³-hybridized carbons (Fsp3) is 0.381. The molecule has 10 nitrogen and oxygen atoms in total. The van der Waals surface area contributed by atoms with Crippen molar-refractivity contribution in [3.05, 3.63) is 35.0 Å². The molecule has 1 aliphatic rings. The number of aryl methyl sites for hydroxylation is 1. The van der Waals surface area contributed by atoms with E-state index in [2.05, 4.69) is 35.5 Å². The topological polar surface area (TPSA) is 113 Å². The van der Waals surface area contributed by atoms with E-state index in [9.17, 15) is 22.8 Å². The van der Waals surface area contributed by atoms with Crippen molar-refractivity contribution in [2.24, 2.45) is 0 Å². The van der Waals surface area contributed by atoms with E-state index in [1.807, 2.05) is 18.9 Å². The van der Waals surface area contributed by atoms with Crippen LogP contribution in [0.1, 0.15) is 15.4 Å². The number of likely N-dealkylation sites (N-methyl/N-ethyl adjacent to an activating group) is 1. The van der Waals surface area contributed by atoms with Gasteiger partial charge in [-0.3, -0.25) is 19.8 Å². The Balaban J connectivity index is 1.48. The molecule has 0 spiro atoms. The molecule has 3 aromatic rings. The average Bonchev–Trinajstić information content (AvgIpc) is 3.44. The number of thiazole rings is 1. The molecule has 36 heavy (non-hydrogen) atoms. The zero-order chi connectivity index (χ0) is 25.9. The molecular weight excluding hydrogens is 519 g/mol. The summed E-state index contributed by atoms with van der Waals surface area (Å²) in [6.07, 6.45) is -3.32. The number of hydrogen-bond acceptors (Lipinski definition) is 10. The summed E-state index contributed by atoms with van der Waals surface area (Å²) < 4.78 is 42.8. The van der Waals surface area contributed by atoms with Gasteiger partial charge in [0, 0.05) is 37.9 Å². The van der Waals surface area contributed by atoms with E-state index in [4.69, 9.17) is 0 Å². The number of halogens is 3. The Labute approximate surface area is 212 Å². The minimum absolute atomic E-state index is 0.000332. The highest BCUT2D eigenvalue weighted by molar-refractivity contribution is 7.23. The number of amides is 2. The van der Waals surface area contributed by atoms with Gasteiger partial charge in [-0.25, -0.2) is 4.98 Å².